The van der Waals surface area contributed by atoms with E-state index in [4.69, 9.17) is 0 Å². The van der Waals surface area contributed by atoms with Crippen molar-refractivity contribution in [3.63, 3.8) is 0 Å². The summed E-state index contributed by atoms with van der Waals surface area (Å²) in [6, 6.07) is 9.47. The maximum atomic E-state index is 10.9. The highest BCUT2D eigenvalue weighted by atomic mass is 16.5. The van der Waals surface area contributed by atoms with Crippen molar-refractivity contribution in [1.82, 2.24) is 4.98 Å². The zero-order valence-corrected chi connectivity index (χ0v) is 8.73. The zero-order chi connectivity index (χ0) is 11.4. The highest BCUT2D eigenvalue weighted by molar-refractivity contribution is 5.91. The molecule has 0 saturated carbocycles. The molecule has 0 fully saturated rings. The Kier molecular flexibility index (Phi) is 2.84. The topological polar surface area (TPSA) is 39.2 Å². The van der Waals surface area contributed by atoms with Gasteiger partial charge in [-0.1, -0.05) is 24.1 Å². The molecular formula is C13H9NO2. The van der Waals surface area contributed by atoms with E-state index in [0.717, 1.165) is 16.5 Å². The summed E-state index contributed by atoms with van der Waals surface area (Å²) in [5, 5.41) is 0.999. The van der Waals surface area contributed by atoms with Crippen LogP contribution in [0.1, 0.15) is 5.56 Å². The van der Waals surface area contributed by atoms with Gasteiger partial charge in [0.25, 0.3) is 0 Å². The van der Waals surface area contributed by atoms with E-state index in [1.165, 1.54) is 7.11 Å². The van der Waals surface area contributed by atoms with Crippen LogP contribution in [0.5, 0.6) is 0 Å². The zero-order valence-electron chi connectivity index (χ0n) is 8.73. The number of rotatable bonds is 0. The van der Waals surface area contributed by atoms with Crippen molar-refractivity contribution in [2.45, 2.75) is 0 Å². The number of fused-ring (bicyclic) bond motifs is 1. The van der Waals surface area contributed by atoms with Crippen LogP contribution in [-0.4, -0.2) is 18.1 Å². The summed E-state index contributed by atoms with van der Waals surface area (Å²) in [4.78, 5) is 15.1. The standard InChI is InChI=1S/C13H9NO2/c1-16-12(15)8-7-11-5-2-4-10-6-3-9-14-13(10)11/h2-6,9H,1H3. The van der Waals surface area contributed by atoms with Crippen molar-refractivity contribution in [3.05, 3.63) is 42.1 Å². The number of methoxy groups -OCH3 is 1. The SMILES string of the molecule is COC(=O)C#Cc1cccc2cccnc12. The summed E-state index contributed by atoms with van der Waals surface area (Å²) in [5.41, 5.74) is 1.52. The fourth-order valence-electron chi connectivity index (χ4n) is 1.37. The Morgan fingerprint density at radius 3 is 2.94 bits per heavy atom. The van der Waals surface area contributed by atoms with Crippen LogP contribution in [0, 0.1) is 11.8 Å². The largest absolute Gasteiger partial charge is 0.459 e. The first-order valence-electron chi connectivity index (χ1n) is 4.75. The minimum atomic E-state index is -0.548. The number of hydrogen-bond acceptors (Lipinski definition) is 3. The van der Waals surface area contributed by atoms with Gasteiger partial charge < -0.3 is 4.74 Å². The molecule has 0 saturated heterocycles. The summed E-state index contributed by atoms with van der Waals surface area (Å²) in [6.45, 7) is 0. The van der Waals surface area contributed by atoms with E-state index in [-0.39, 0.29) is 0 Å². The van der Waals surface area contributed by atoms with E-state index in [9.17, 15) is 4.79 Å². The molecular weight excluding hydrogens is 202 g/mol. The predicted octanol–water partition coefficient (Wildman–Crippen LogP) is 1.76. The molecule has 1 aromatic carbocycles. The van der Waals surface area contributed by atoms with Crippen molar-refractivity contribution in [2.75, 3.05) is 7.11 Å². The van der Waals surface area contributed by atoms with Crippen LogP contribution in [-0.2, 0) is 9.53 Å². The molecule has 0 aliphatic carbocycles. The van der Waals surface area contributed by atoms with E-state index < -0.39 is 5.97 Å². The van der Waals surface area contributed by atoms with Gasteiger partial charge in [-0.3, -0.25) is 4.98 Å². The van der Waals surface area contributed by atoms with Crippen molar-refractivity contribution < 1.29 is 9.53 Å². The third kappa shape index (κ3) is 2.01. The van der Waals surface area contributed by atoms with Crippen molar-refractivity contribution in [2.24, 2.45) is 0 Å². The van der Waals surface area contributed by atoms with E-state index >= 15 is 0 Å². The van der Waals surface area contributed by atoms with Gasteiger partial charge in [-0.05, 0) is 12.1 Å². The number of ether oxygens (including phenoxy) is 1. The quantitative estimate of drug-likeness (QED) is 0.492. The second-order valence-electron chi connectivity index (χ2n) is 3.12. The fourth-order valence-corrected chi connectivity index (χ4v) is 1.37. The summed E-state index contributed by atoms with van der Waals surface area (Å²) >= 11 is 0. The molecule has 16 heavy (non-hydrogen) atoms. The first-order chi connectivity index (χ1) is 7.81. The molecule has 0 amide bonds. The molecule has 0 aliphatic heterocycles. The van der Waals surface area contributed by atoms with Gasteiger partial charge in [-0.15, -0.1) is 0 Å². The third-order valence-corrected chi connectivity index (χ3v) is 2.12. The lowest BCUT2D eigenvalue weighted by molar-refractivity contribution is -0.133. The molecule has 3 nitrogen and oxygen atoms in total. The number of pyridine rings is 1. The maximum Gasteiger partial charge on any atom is 0.384 e. The molecule has 0 radical (unpaired) electrons. The Bertz CT molecular complexity index is 588. The second-order valence-corrected chi connectivity index (χ2v) is 3.12. The third-order valence-electron chi connectivity index (χ3n) is 2.12. The number of benzene rings is 1. The van der Waals surface area contributed by atoms with Gasteiger partial charge in [-0.25, -0.2) is 4.79 Å². The Morgan fingerprint density at radius 1 is 1.31 bits per heavy atom. The van der Waals surface area contributed by atoms with Crippen LogP contribution >= 0.6 is 0 Å². The molecule has 0 atom stereocenters. The number of hydrogen-bond donors (Lipinski definition) is 0. The normalized spacial score (nSPS) is 9.31. The summed E-state index contributed by atoms with van der Waals surface area (Å²) < 4.78 is 4.45. The summed E-state index contributed by atoms with van der Waals surface area (Å²) in [7, 11) is 1.30. The molecule has 0 N–H and O–H groups in total. The molecule has 1 heterocycles. The molecule has 2 rings (SSSR count). The Labute approximate surface area is 93.1 Å². The van der Waals surface area contributed by atoms with E-state index in [2.05, 4.69) is 21.6 Å². The van der Waals surface area contributed by atoms with Crippen molar-refractivity contribution in [3.8, 4) is 11.8 Å². The van der Waals surface area contributed by atoms with Gasteiger partial charge in [0, 0.05) is 17.5 Å². The van der Waals surface area contributed by atoms with Gasteiger partial charge in [0.1, 0.15) is 0 Å². The van der Waals surface area contributed by atoms with E-state index in [0.29, 0.717) is 0 Å². The van der Waals surface area contributed by atoms with Crippen LogP contribution in [0.4, 0.5) is 0 Å². The van der Waals surface area contributed by atoms with Crippen molar-refractivity contribution >= 4 is 16.9 Å². The molecule has 0 unspecified atom stereocenters. The molecule has 0 aliphatic rings. The number of esters is 1. The average Bonchev–Trinajstić information content (AvgIpc) is 2.35. The summed E-state index contributed by atoms with van der Waals surface area (Å²) in [5.74, 6) is 4.59. The molecule has 2 aromatic rings. The highest BCUT2D eigenvalue weighted by Crippen LogP contribution is 2.14. The minimum Gasteiger partial charge on any atom is -0.459 e. The molecule has 0 bridgehead atoms. The fraction of sp³-hybridized carbons (Fsp3) is 0.0769. The average molecular weight is 211 g/mol. The second kappa shape index (κ2) is 4.45. The van der Waals surface area contributed by atoms with Crippen LogP contribution in [0.2, 0.25) is 0 Å². The maximum absolute atomic E-state index is 10.9. The molecule has 0 spiro atoms. The predicted molar refractivity (Wildman–Crippen MR) is 60.6 cm³/mol. The highest BCUT2D eigenvalue weighted by Gasteiger charge is 1.98. The molecule has 78 valence electrons. The van der Waals surface area contributed by atoms with Crippen LogP contribution in [0.15, 0.2) is 36.5 Å². The number of carbonyl (C=O) groups is 1. The number of nitrogens with zero attached hydrogens (tertiary/aromatic N) is 1. The number of aromatic nitrogens is 1. The van der Waals surface area contributed by atoms with Gasteiger partial charge in [0.05, 0.1) is 18.2 Å². The lowest BCUT2D eigenvalue weighted by Crippen LogP contribution is -1.94. The van der Waals surface area contributed by atoms with Gasteiger partial charge in [0.15, 0.2) is 0 Å². The van der Waals surface area contributed by atoms with Crippen LogP contribution < -0.4 is 0 Å². The van der Waals surface area contributed by atoms with Gasteiger partial charge >= 0.3 is 5.97 Å². The van der Waals surface area contributed by atoms with Crippen molar-refractivity contribution in [1.29, 1.82) is 0 Å². The van der Waals surface area contributed by atoms with E-state index in [1.807, 2.05) is 30.3 Å². The minimum absolute atomic E-state index is 0.548. The Morgan fingerprint density at radius 2 is 2.12 bits per heavy atom. The van der Waals surface area contributed by atoms with Gasteiger partial charge in [-0.2, -0.15) is 0 Å². The van der Waals surface area contributed by atoms with Crippen LogP contribution in [0.25, 0.3) is 10.9 Å². The molecule has 3 heteroatoms. The lowest BCUT2D eigenvalue weighted by atomic mass is 10.1. The van der Waals surface area contributed by atoms with E-state index in [1.54, 1.807) is 6.20 Å². The monoisotopic (exact) mass is 211 g/mol. The Hall–Kier alpha value is -2.34. The first-order valence-corrected chi connectivity index (χ1v) is 4.75. The number of carbonyl (C=O) groups excluding carboxylic acids is 1. The first kappa shape index (κ1) is 10.2. The van der Waals surface area contributed by atoms with Gasteiger partial charge in [0.2, 0.25) is 0 Å². The Balaban J connectivity index is 2.51. The summed E-state index contributed by atoms with van der Waals surface area (Å²) in [6.07, 6.45) is 1.70. The molecule has 1 aromatic heterocycles. The smallest absolute Gasteiger partial charge is 0.384 e. The number of para-hydroxylation sites is 1. The lowest BCUT2D eigenvalue weighted by Gasteiger charge is -1.97. The van der Waals surface area contributed by atoms with Crippen LogP contribution in [0.3, 0.4) is 0 Å².